The van der Waals surface area contributed by atoms with E-state index in [1.165, 1.54) is 0 Å². The number of hydrogen-bond donors (Lipinski definition) is 2. The highest BCUT2D eigenvalue weighted by atomic mass is 32.2. The number of hydrogen-bond acceptors (Lipinski definition) is 3. The Bertz CT molecular complexity index is 356. The molecule has 2 atom stereocenters. The van der Waals surface area contributed by atoms with E-state index in [-0.39, 0.29) is 17.9 Å². The Hall–Kier alpha value is -1.00. The zero-order valence-corrected chi connectivity index (χ0v) is 11.9. The van der Waals surface area contributed by atoms with Crippen LogP contribution < -0.4 is 11.1 Å². The van der Waals surface area contributed by atoms with Gasteiger partial charge in [-0.1, -0.05) is 30.3 Å². The van der Waals surface area contributed by atoms with Crippen LogP contribution in [0.25, 0.3) is 0 Å². The van der Waals surface area contributed by atoms with Crippen LogP contribution in [0.4, 0.5) is 0 Å². The number of amides is 1. The average Bonchev–Trinajstić information content (AvgIpc) is 2.38. The standard InChI is InChI=1S/C14H22N2OS/c1-11(8-9-18-2)16-14(17)13(10-15)12-6-4-3-5-7-12/h3-7,11,13H,8-10,15H2,1-2H3,(H,16,17). The molecule has 18 heavy (non-hydrogen) atoms. The van der Waals surface area contributed by atoms with Gasteiger partial charge in [0.25, 0.3) is 0 Å². The molecule has 0 saturated heterocycles. The summed E-state index contributed by atoms with van der Waals surface area (Å²) in [7, 11) is 0. The molecule has 0 saturated carbocycles. The summed E-state index contributed by atoms with van der Waals surface area (Å²) in [4.78, 5) is 12.2. The van der Waals surface area contributed by atoms with Gasteiger partial charge in [0.05, 0.1) is 5.92 Å². The molecule has 0 radical (unpaired) electrons. The van der Waals surface area contributed by atoms with Gasteiger partial charge in [-0.3, -0.25) is 4.79 Å². The lowest BCUT2D eigenvalue weighted by Gasteiger charge is -2.19. The topological polar surface area (TPSA) is 55.1 Å². The van der Waals surface area contributed by atoms with Crippen molar-refractivity contribution < 1.29 is 4.79 Å². The smallest absolute Gasteiger partial charge is 0.229 e. The summed E-state index contributed by atoms with van der Waals surface area (Å²) in [5.41, 5.74) is 6.70. The molecule has 0 aromatic heterocycles. The minimum Gasteiger partial charge on any atom is -0.353 e. The Morgan fingerprint density at radius 2 is 2.06 bits per heavy atom. The highest BCUT2D eigenvalue weighted by Crippen LogP contribution is 2.14. The van der Waals surface area contributed by atoms with Gasteiger partial charge in [-0.05, 0) is 30.9 Å². The van der Waals surface area contributed by atoms with Gasteiger partial charge in [-0.25, -0.2) is 0 Å². The summed E-state index contributed by atoms with van der Waals surface area (Å²) in [5, 5.41) is 3.03. The second kappa shape index (κ2) is 8.16. The van der Waals surface area contributed by atoms with Crippen LogP contribution in [0.5, 0.6) is 0 Å². The molecular weight excluding hydrogens is 244 g/mol. The van der Waals surface area contributed by atoms with Crippen molar-refractivity contribution in [1.29, 1.82) is 0 Å². The molecule has 1 amide bonds. The van der Waals surface area contributed by atoms with Crippen LogP contribution in [-0.2, 0) is 4.79 Å². The molecule has 100 valence electrons. The number of nitrogens with two attached hydrogens (primary N) is 1. The van der Waals surface area contributed by atoms with Crippen molar-refractivity contribution in [2.45, 2.75) is 25.3 Å². The lowest BCUT2D eigenvalue weighted by molar-refractivity contribution is -0.123. The molecule has 1 aromatic rings. The Kier molecular flexibility index (Phi) is 6.83. The van der Waals surface area contributed by atoms with Crippen LogP contribution in [0, 0.1) is 0 Å². The monoisotopic (exact) mass is 266 g/mol. The van der Waals surface area contributed by atoms with Crippen molar-refractivity contribution in [1.82, 2.24) is 5.32 Å². The molecule has 3 nitrogen and oxygen atoms in total. The number of rotatable bonds is 7. The summed E-state index contributed by atoms with van der Waals surface area (Å²) < 4.78 is 0. The van der Waals surface area contributed by atoms with E-state index in [4.69, 9.17) is 5.73 Å². The van der Waals surface area contributed by atoms with Crippen LogP contribution in [0.15, 0.2) is 30.3 Å². The van der Waals surface area contributed by atoms with E-state index in [2.05, 4.69) is 11.6 Å². The molecule has 1 rings (SSSR count). The van der Waals surface area contributed by atoms with Crippen LogP contribution in [0.3, 0.4) is 0 Å². The van der Waals surface area contributed by atoms with E-state index in [9.17, 15) is 4.79 Å². The Morgan fingerprint density at radius 1 is 1.39 bits per heavy atom. The zero-order chi connectivity index (χ0) is 13.4. The fourth-order valence-electron chi connectivity index (χ4n) is 1.79. The number of benzene rings is 1. The molecule has 4 heteroatoms. The third-order valence-corrected chi connectivity index (χ3v) is 3.54. The van der Waals surface area contributed by atoms with Crippen molar-refractivity contribution in [3.8, 4) is 0 Å². The highest BCUT2D eigenvalue weighted by molar-refractivity contribution is 7.98. The molecule has 0 bridgehead atoms. The molecule has 0 heterocycles. The van der Waals surface area contributed by atoms with Crippen LogP contribution in [0.2, 0.25) is 0 Å². The molecule has 3 N–H and O–H groups in total. The lowest BCUT2D eigenvalue weighted by Crippen LogP contribution is -2.39. The summed E-state index contributed by atoms with van der Waals surface area (Å²) in [6.45, 7) is 2.37. The third-order valence-electron chi connectivity index (χ3n) is 2.90. The Labute approximate surface area is 114 Å². The molecular formula is C14H22N2OS. The third kappa shape index (κ3) is 4.70. The van der Waals surface area contributed by atoms with Crippen LogP contribution in [0.1, 0.15) is 24.8 Å². The minimum atomic E-state index is -0.247. The summed E-state index contributed by atoms with van der Waals surface area (Å²) in [6.07, 6.45) is 3.06. The van der Waals surface area contributed by atoms with Gasteiger partial charge in [0.1, 0.15) is 0 Å². The van der Waals surface area contributed by atoms with Crippen LogP contribution >= 0.6 is 11.8 Å². The van der Waals surface area contributed by atoms with Crippen molar-refractivity contribution in [2.75, 3.05) is 18.6 Å². The Balaban J connectivity index is 2.58. The molecule has 0 spiro atoms. The molecule has 1 aromatic carbocycles. The number of carbonyl (C=O) groups is 1. The first kappa shape index (κ1) is 15.1. The maximum absolute atomic E-state index is 12.2. The van der Waals surface area contributed by atoms with Crippen molar-refractivity contribution in [2.24, 2.45) is 5.73 Å². The van der Waals surface area contributed by atoms with Crippen molar-refractivity contribution >= 4 is 17.7 Å². The quantitative estimate of drug-likeness (QED) is 0.793. The predicted octanol–water partition coefficient (Wildman–Crippen LogP) is 1.99. The van der Waals surface area contributed by atoms with E-state index in [0.29, 0.717) is 6.54 Å². The molecule has 0 aliphatic rings. The van der Waals surface area contributed by atoms with Gasteiger partial charge in [0.15, 0.2) is 0 Å². The fourth-order valence-corrected chi connectivity index (χ4v) is 2.38. The van der Waals surface area contributed by atoms with Gasteiger partial charge >= 0.3 is 0 Å². The Morgan fingerprint density at radius 3 is 2.61 bits per heavy atom. The van der Waals surface area contributed by atoms with Crippen molar-refractivity contribution in [3.05, 3.63) is 35.9 Å². The lowest BCUT2D eigenvalue weighted by atomic mass is 9.98. The number of nitrogens with one attached hydrogen (secondary N) is 1. The summed E-state index contributed by atoms with van der Waals surface area (Å²) in [5.74, 6) is 0.834. The molecule has 2 unspecified atom stereocenters. The van der Waals surface area contributed by atoms with Gasteiger partial charge in [-0.2, -0.15) is 11.8 Å². The van der Waals surface area contributed by atoms with Crippen molar-refractivity contribution in [3.63, 3.8) is 0 Å². The van der Waals surface area contributed by atoms with Gasteiger partial charge in [-0.15, -0.1) is 0 Å². The van der Waals surface area contributed by atoms with E-state index >= 15 is 0 Å². The zero-order valence-electron chi connectivity index (χ0n) is 11.1. The van der Waals surface area contributed by atoms with Gasteiger partial charge in [0, 0.05) is 12.6 Å². The summed E-state index contributed by atoms with van der Waals surface area (Å²) in [6, 6.07) is 9.90. The first-order chi connectivity index (χ1) is 8.69. The second-order valence-electron chi connectivity index (χ2n) is 4.39. The number of thioether (sulfide) groups is 1. The van der Waals surface area contributed by atoms with E-state index in [1.807, 2.05) is 37.3 Å². The van der Waals surface area contributed by atoms with E-state index in [1.54, 1.807) is 11.8 Å². The SMILES string of the molecule is CSCCC(C)NC(=O)C(CN)c1ccccc1. The van der Waals surface area contributed by atoms with E-state index < -0.39 is 0 Å². The molecule has 0 fully saturated rings. The highest BCUT2D eigenvalue weighted by Gasteiger charge is 2.19. The normalized spacial score (nSPS) is 13.9. The minimum absolute atomic E-state index is 0.0253. The summed E-state index contributed by atoms with van der Waals surface area (Å²) >= 11 is 1.79. The first-order valence-corrected chi connectivity index (χ1v) is 7.62. The predicted molar refractivity (Wildman–Crippen MR) is 78.8 cm³/mol. The second-order valence-corrected chi connectivity index (χ2v) is 5.38. The maximum Gasteiger partial charge on any atom is 0.229 e. The van der Waals surface area contributed by atoms with Gasteiger partial charge in [0.2, 0.25) is 5.91 Å². The molecule has 0 aliphatic heterocycles. The van der Waals surface area contributed by atoms with Crippen LogP contribution in [-0.4, -0.2) is 30.5 Å². The average molecular weight is 266 g/mol. The van der Waals surface area contributed by atoms with Gasteiger partial charge < -0.3 is 11.1 Å². The first-order valence-electron chi connectivity index (χ1n) is 6.23. The molecule has 0 aliphatic carbocycles. The largest absolute Gasteiger partial charge is 0.353 e. The fraction of sp³-hybridized carbons (Fsp3) is 0.500. The van der Waals surface area contributed by atoms with E-state index in [0.717, 1.165) is 17.7 Å². The maximum atomic E-state index is 12.2. The number of carbonyl (C=O) groups excluding carboxylic acids is 1.